The Hall–Kier alpha value is -2.67. The highest BCUT2D eigenvalue weighted by molar-refractivity contribution is 5.85. The Morgan fingerprint density at radius 2 is 1.97 bits per heavy atom. The molecule has 1 aromatic heterocycles. The molecule has 1 saturated carbocycles. The summed E-state index contributed by atoms with van der Waals surface area (Å²) in [5, 5.41) is 12.0. The number of nitrogens with zero attached hydrogens (tertiary/aromatic N) is 1. The number of oxazole rings is 1. The molecule has 1 aliphatic rings. The SMILES string of the molecule is CCc1oc(-c2ccc(C)cc2)nc1CO[C@@H]1CCC[C@H](C(=O)NC(C(=O)O)C(C)C)C1. The zero-order chi connectivity index (χ0) is 23.3. The largest absolute Gasteiger partial charge is 0.480 e. The molecule has 1 aliphatic carbocycles. The first-order valence-electron chi connectivity index (χ1n) is 11.5. The van der Waals surface area contributed by atoms with Gasteiger partial charge in [0.1, 0.15) is 17.5 Å². The van der Waals surface area contributed by atoms with Crippen LogP contribution in [0.2, 0.25) is 0 Å². The van der Waals surface area contributed by atoms with E-state index in [2.05, 4.69) is 10.3 Å². The van der Waals surface area contributed by atoms with Gasteiger partial charge in [0.25, 0.3) is 0 Å². The van der Waals surface area contributed by atoms with E-state index in [0.29, 0.717) is 18.9 Å². The van der Waals surface area contributed by atoms with Crippen LogP contribution in [0.3, 0.4) is 0 Å². The van der Waals surface area contributed by atoms with Gasteiger partial charge >= 0.3 is 5.97 Å². The van der Waals surface area contributed by atoms with Gasteiger partial charge in [0, 0.05) is 17.9 Å². The molecule has 0 bridgehead atoms. The zero-order valence-corrected chi connectivity index (χ0v) is 19.4. The molecule has 7 heteroatoms. The number of carboxylic acid groups (broad SMARTS) is 1. The van der Waals surface area contributed by atoms with E-state index in [1.807, 2.05) is 38.1 Å². The molecule has 2 N–H and O–H groups in total. The molecule has 0 radical (unpaired) electrons. The average molecular weight is 443 g/mol. The lowest BCUT2D eigenvalue weighted by atomic mass is 9.86. The smallest absolute Gasteiger partial charge is 0.326 e. The first-order valence-corrected chi connectivity index (χ1v) is 11.5. The Labute approximate surface area is 189 Å². The Morgan fingerprint density at radius 1 is 1.25 bits per heavy atom. The lowest BCUT2D eigenvalue weighted by Crippen LogP contribution is -2.47. The van der Waals surface area contributed by atoms with Crippen molar-refractivity contribution in [2.75, 3.05) is 0 Å². The Bertz CT molecular complexity index is 919. The van der Waals surface area contributed by atoms with Gasteiger partial charge in [-0.2, -0.15) is 0 Å². The summed E-state index contributed by atoms with van der Waals surface area (Å²) in [6.45, 7) is 7.98. The maximum atomic E-state index is 12.7. The van der Waals surface area contributed by atoms with Crippen molar-refractivity contribution < 1.29 is 23.8 Å². The molecule has 174 valence electrons. The van der Waals surface area contributed by atoms with Crippen LogP contribution >= 0.6 is 0 Å². The van der Waals surface area contributed by atoms with Gasteiger partial charge in [-0.15, -0.1) is 0 Å². The van der Waals surface area contributed by atoms with E-state index in [0.717, 1.165) is 42.7 Å². The van der Waals surface area contributed by atoms with Crippen LogP contribution in [0, 0.1) is 18.8 Å². The third-order valence-corrected chi connectivity index (χ3v) is 6.08. The molecule has 1 amide bonds. The zero-order valence-electron chi connectivity index (χ0n) is 19.4. The van der Waals surface area contributed by atoms with Crippen molar-refractivity contribution in [3.05, 3.63) is 41.3 Å². The Kier molecular flexibility index (Phi) is 8.07. The number of amides is 1. The highest BCUT2D eigenvalue weighted by Crippen LogP contribution is 2.29. The fourth-order valence-electron chi connectivity index (χ4n) is 4.11. The molecule has 0 aliphatic heterocycles. The molecule has 32 heavy (non-hydrogen) atoms. The molecular weight excluding hydrogens is 408 g/mol. The summed E-state index contributed by atoms with van der Waals surface area (Å²) in [5.74, 6) is -0.201. The average Bonchev–Trinajstić information content (AvgIpc) is 3.19. The molecule has 2 aromatic rings. The molecule has 1 aromatic carbocycles. The van der Waals surface area contributed by atoms with Crippen molar-refractivity contribution in [1.82, 2.24) is 10.3 Å². The first-order chi connectivity index (χ1) is 15.3. The molecule has 1 heterocycles. The standard InChI is InChI=1S/C25H34N2O5/c1-5-21-20(26-24(32-21)17-11-9-16(4)10-12-17)14-31-19-8-6-7-18(13-19)23(28)27-22(15(2)3)25(29)30/h9-12,15,18-19,22H,5-8,13-14H2,1-4H3,(H,27,28)(H,29,30)/t18-,19+,22?/m0/s1. The van der Waals surface area contributed by atoms with E-state index in [9.17, 15) is 14.7 Å². The molecule has 1 unspecified atom stereocenters. The van der Waals surface area contributed by atoms with Crippen LogP contribution in [0.4, 0.5) is 0 Å². The fraction of sp³-hybridized carbons (Fsp3) is 0.560. The number of rotatable bonds is 9. The number of carboxylic acids is 1. The highest BCUT2D eigenvalue weighted by Gasteiger charge is 2.32. The summed E-state index contributed by atoms with van der Waals surface area (Å²) in [5.41, 5.74) is 2.91. The van der Waals surface area contributed by atoms with Gasteiger partial charge in [-0.3, -0.25) is 4.79 Å². The summed E-state index contributed by atoms with van der Waals surface area (Å²) < 4.78 is 12.1. The second-order valence-corrected chi connectivity index (χ2v) is 8.97. The predicted molar refractivity (Wildman–Crippen MR) is 121 cm³/mol. The van der Waals surface area contributed by atoms with Gasteiger partial charge in [0.05, 0.1) is 12.7 Å². The van der Waals surface area contributed by atoms with Crippen LogP contribution in [0.1, 0.15) is 63.5 Å². The molecule has 1 fully saturated rings. The molecule has 0 saturated heterocycles. The number of carbonyl (C=O) groups is 2. The topological polar surface area (TPSA) is 102 Å². The summed E-state index contributed by atoms with van der Waals surface area (Å²) in [6, 6.07) is 7.19. The number of nitrogens with one attached hydrogen (secondary N) is 1. The van der Waals surface area contributed by atoms with Gasteiger partial charge < -0.3 is 19.6 Å². The lowest BCUT2D eigenvalue weighted by Gasteiger charge is -2.29. The molecule has 3 rings (SSSR count). The van der Waals surface area contributed by atoms with E-state index in [1.54, 1.807) is 13.8 Å². The normalized spacial score (nSPS) is 19.7. The first kappa shape index (κ1) is 24.0. The number of hydrogen-bond acceptors (Lipinski definition) is 5. The van der Waals surface area contributed by atoms with Crippen molar-refractivity contribution in [2.24, 2.45) is 11.8 Å². The number of aromatic nitrogens is 1. The third-order valence-electron chi connectivity index (χ3n) is 6.08. The van der Waals surface area contributed by atoms with E-state index >= 15 is 0 Å². The van der Waals surface area contributed by atoms with Crippen molar-refractivity contribution >= 4 is 11.9 Å². The quantitative estimate of drug-likeness (QED) is 0.592. The number of benzene rings is 1. The van der Waals surface area contributed by atoms with Crippen LogP contribution in [0.25, 0.3) is 11.5 Å². The lowest BCUT2D eigenvalue weighted by molar-refractivity contribution is -0.144. The van der Waals surface area contributed by atoms with E-state index < -0.39 is 12.0 Å². The minimum absolute atomic E-state index is 0.0638. The minimum atomic E-state index is -1.00. The van der Waals surface area contributed by atoms with Gasteiger partial charge in [0.15, 0.2) is 0 Å². The Balaban J connectivity index is 1.60. The molecule has 3 atom stereocenters. The highest BCUT2D eigenvalue weighted by atomic mass is 16.5. The fourth-order valence-corrected chi connectivity index (χ4v) is 4.11. The van der Waals surface area contributed by atoms with Crippen LogP contribution in [-0.2, 0) is 27.4 Å². The monoisotopic (exact) mass is 442 g/mol. The summed E-state index contributed by atoms with van der Waals surface area (Å²) in [6.07, 6.45) is 3.74. The maximum Gasteiger partial charge on any atom is 0.326 e. The number of carbonyl (C=O) groups excluding carboxylic acids is 1. The number of ether oxygens (including phenoxy) is 1. The maximum absolute atomic E-state index is 12.7. The Morgan fingerprint density at radius 3 is 2.59 bits per heavy atom. The van der Waals surface area contributed by atoms with E-state index in [4.69, 9.17) is 9.15 Å². The van der Waals surface area contributed by atoms with Crippen molar-refractivity contribution in [3.63, 3.8) is 0 Å². The van der Waals surface area contributed by atoms with Gasteiger partial charge in [0.2, 0.25) is 11.8 Å². The number of aryl methyl sites for hydroxylation is 2. The second kappa shape index (κ2) is 10.8. The molecule has 0 spiro atoms. The van der Waals surface area contributed by atoms with Crippen LogP contribution in [-0.4, -0.2) is 34.1 Å². The summed E-state index contributed by atoms with van der Waals surface area (Å²) in [7, 11) is 0. The van der Waals surface area contributed by atoms with Crippen molar-refractivity contribution in [2.45, 2.75) is 78.6 Å². The number of hydrogen-bond donors (Lipinski definition) is 2. The van der Waals surface area contributed by atoms with E-state index in [1.165, 1.54) is 5.56 Å². The van der Waals surface area contributed by atoms with Crippen LogP contribution in [0.5, 0.6) is 0 Å². The van der Waals surface area contributed by atoms with Crippen LogP contribution in [0.15, 0.2) is 28.7 Å². The van der Waals surface area contributed by atoms with Crippen molar-refractivity contribution in [1.29, 1.82) is 0 Å². The predicted octanol–water partition coefficient (Wildman–Crippen LogP) is 4.51. The van der Waals surface area contributed by atoms with E-state index in [-0.39, 0.29) is 23.8 Å². The molecular formula is C25H34N2O5. The summed E-state index contributed by atoms with van der Waals surface area (Å²) in [4.78, 5) is 28.7. The van der Waals surface area contributed by atoms with Gasteiger partial charge in [-0.1, -0.05) is 44.9 Å². The van der Waals surface area contributed by atoms with Crippen LogP contribution < -0.4 is 5.32 Å². The second-order valence-electron chi connectivity index (χ2n) is 8.97. The third kappa shape index (κ3) is 5.97. The van der Waals surface area contributed by atoms with Gasteiger partial charge in [-0.05, 0) is 44.2 Å². The number of aliphatic carboxylic acids is 1. The van der Waals surface area contributed by atoms with Crippen molar-refractivity contribution in [3.8, 4) is 11.5 Å². The summed E-state index contributed by atoms with van der Waals surface area (Å²) >= 11 is 0. The molecule has 7 nitrogen and oxygen atoms in total. The minimum Gasteiger partial charge on any atom is -0.480 e. The van der Waals surface area contributed by atoms with Gasteiger partial charge in [-0.25, -0.2) is 9.78 Å².